The topological polar surface area (TPSA) is 69.6 Å². The van der Waals surface area contributed by atoms with Gasteiger partial charge in [0.05, 0.1) is 5.56 Å². The van der Waals surface area contributed by atoms with E-state index in [2.05, 4.69) is 20.6 Å². The molecule has 4 rings (SSSR count). The molecule has 2 aromatic carbocycles. The molecule has 0 spiro atoms. The van der Waals surface area contributed by atoms with E-state index >= 15 is 0 Å². The zero-order valence-corrected chi connectivity index (χ0v) is 13.8. The molecular weight excluding hydrogens is 359 g/mol. The number of halogens is 3. The average Bonchev–Trinajstić information content (AvgIpc) is 3.32. The molecule has 0 aliphatic rings. The zero-order chi connectivity index (χ0) is 18.9. The van der Waals surface area contributed by atoms with Crippen LogP contribution in [0, 0.1) is 0 Å². The Morgan fingerprint density at radius 1 is 0.926 bits per heavy atom. The predicted octanol–water partition coefficient (Wildman–Crippen LogP) is 4.06. The Bertz CT molecular complexity index is 1060. The molecule has 4 aromatic rings. The van der Waals surface area contributed by atoms with Gasteiger partial charge in [-0.2, -0.15) is 18.0 Å². The number of hydrogen-bond acceptors (Lipinski definition) is 5. The van der Waals surface area contributed by atoms with Crippen LogP contribution in [0.15, 0.2) is 65.2 Å². The van der Waals surface area contributed by atoms with Crippen LogP contribution in [0.5, 0.6) is 0 Å². The van der Waals surface area contributed by atoms with E-state index in [9.17, 15) is 13.2 Å². The van der Waals surface area contributed by atoms with Crippen LogP contribution in [0.1, 0.15) is 11.3 Å². The molecule has 0 saturated carbocycles. The normalized spacial score (nSPS) is 11.7. The Balaban J connectivity index is 1.53. The van der Waals surface area contributed by atoms with Crippen molar-refractivity contribution < 1.29 is 17.7 Å². The molecule has 0 N–H and O–H groups in total. The van der Waals surface area contributed by atoms with Gasteiger partial charge in [0.1, 0.15) is 12.2 Å². The molecule has 27 heavy (non-hydrogen) atoms. The summed E-state index contributed by atoms with van der Waals surface area (Å²) in [4.78, 5) is 1.24. The molecule has 0 aliphatic heterocycles. The zero-order valence-electron chi connectivity index (χ0n) is 13.8. The van der Waals surface area contributed by atoms with Crippen LogP contribution in [-0.4, -0.2) is 25.4 Å². The standard InChI is InChI=1S/C18H12F3N5O/c19-18(20,21)14-8-4-7-13(9-14)17-22-25-26(23-17)11-15-10-16(24-27-15)12-5-2-1-3-6-12/h1-10H,11H2. The molecule has 0 radical (unpaired) electrons. The first-order valence-electron chi connectivity index (χ1n) is 7.95. The van der Waals surface area contributed by atoms with Gasteiger partial charge in [-0.15, -0.1) is 10.2 Å². The number of benzene rings is 2. The second-order valence-corrected chi connectivity index (χ2v) is 5.77. The summed E-state index contributed by atoms with van der Waals surface area (Å²) in [6.07, 6.45) is -4.43. The lowest BCUT2D eigenvalue weighted by Crippen LogP contribution is -2.05. The SMILES string of the molecule is FC(F)(F)c1cccc(-c2nnn(Cc3cc(-c4ccccc4)no3)n2)c1. The van der Waals surface area contributed by atoms with Crippen LogP contribution < -0.4 is 0 Å². The highest BCUT2D eigenvalue weighted by Gasteiger charge is 2.30. The number of alkyl halides is 3. The number of hydrogen-bond donors (Lipinski definition) is 0. The molecule has 0 unspecified atom stereocenters. The Kier molecular flexibility index (Phi) is 4.19. The van der Waals surface area contributed by atoms with Crippen LogP contribution in [0.3, 0.4) is 0 Å². The molecule has 0 bridgehead atoms. The van der Waals surface area contributed by atoms with E-state index < -0.39 is 11.7 Å². The molecule has 0 fully saturated rings. The van der Waals surface area contributed by atoms with Gasteiger partial charge >= 0.3 is 6.18 Å². The molecule has 0 atom stereocenters. The molecule has 9 heteroatoms. The van der Waals surface area contributed by atoms with Gasteiger partial charge in [-0.1, -0.05) is 47.6 Å². The van der Waals surface area contributed by atoms with E-state index in [-0.39, 0.29) is 17.9 Å². The third-order valence-electron chi connectivity index (χ3n) is 3.83. The third-order valence-corrected chi connectivity index (χ3v) is 3.83. The maximum Gasteiger partial charge on any atom is 0.416 e. The maximum atomic E-state index is 12.8. The van der Waals surface area contributed by atoms with E-state index in [1.807, 2.05) is 30.3 Å². The first-order chi connectivity index (χ1) is 13.0. The van der Waals surface area contributed by atoms with Crippen LogP contribution in [0.25, 0.3) is 22.6 Å². The van der Waals surface area contributed by atoms with Crippen molar-refractivity contribution in [2.45, 2.75) is 12.7 Å². The highest BCUT2D eigenvalue weighted by Crippen LogP contribution is 2.31. The Morgan fingerprint density at radius 2 is 1.70 bits per heavy atom. The summed E-state index contributed by atoms with van der Waals surface area (Å²) in [6, 6.07) is 16.0. The Hall–Kier alpha value is -3.49. The summed E-state index contributed by atoms with van der Waals surface area (Å²) < 4.78 is 43.8. The molecule has 0 amide bonds. The van der Waals surface area contributed by atoms with E-state index in [0.717, 1.165) is 17.7 Å². The third kappa shape index (κ3) is 3.71. The number of tetrazole rings is 1. The molecule has 2 heterocycles. The van der Waals surface area contributed by atoms with Crippen LogP contribution >= 0.6 is 0 Å². The highest BCUT2D eigenvalue weighted by molar-refractivity contribution is 5.58. The minimum Gasteiger partial charge on any atom is -0.359 e. The van der Waals surface area contributed by atoms with Crippen molar-refractivity contribution in [3.05, 3.63) is 72.0 Å². The summed E-state index contributed by atoms with van der Waals surface area (Å²) in [6.45, 7) is 0.159. The first-order valence-corrected chi connectivity index (χ1v) is 7.95. The van der Waals surface area contributed by atoms with Crippen molar-refractivity contribution in [2.24, 2.45) is 0 Å². The fourth-order valence-corrected chi connectivity index (χ4v) is 2.53. The van der Waals surface area contributed by atoms with Gasteiger partial charge in [0.25, 0.3) is 0 Å². The molecule has 2 aromatic heterocycles. The first kappa shape index (κ1) is 17.0. The Labute approximate surface area is 151 Å². The van der Waals surface area contributed by atoms with E-state index in [4.69, 9.17) is 4.52 Å². The Morgan fingerprint density at radius 3 is 2.48 bits per heavy atom. The molecule has 0 saturated heterocycles. The van der Waals surface area contributed by atoms with Crippen molar-refractivity contribution in [3.63, 3.8) is 0 Å². The van der Waals surface area contributed by atoms with Gasteiger partial charge < -0.3 is 4.52 Å². The predicted molar refractivity (Wildman–Crippen MR) is 89.3 cm³/mol. The number of nitrogens with zero attached hydrogens (tertiary/aromatic N) is 5. The van der Waals surface area contributed by atoms with Gasteiger partial charge in [-0.05, 0) is 17.3 Å². The van der Waals surface area contributed by atoms with Crippen LogP contribution in [0.4, 0.5) is 13.2 Å². The molecule has 6 nitrogen and oxygen atoms in total. The lowest BCUT2D eigenvalue weighted by atomic mass is 10.1. The maximum absolute atomic E-state index is 12.8. The molecule has 0 aliphatic carbocycles. The summed E-state index contributed by atoms with van der Waals surface area (Å²) >= 11 is 0. The van der Waals surface area contributed by atoms with Gasteiger partial charge in [-0.3, -0.25) is 0 Å². The molecule has 136 valence electrons. The van der Waals surface area contributed by atoms with Crippen LogP contribution in [-0.2, 0) is 12.7 Å². The van der Waals surface area contributed by atoms with Gasteiger partial charge in [0.2, 0.25) is 5.82 Å². The number of rotatable bonds is 4. The molecular formula is C18H12F3N5O. The fourth-order valence-electron chi connectivity index (χ4n) is 2.53. The second kappa shape index (κ2) is 6.67. The smallest absolute Gasteiger partial charge is 0.359 e. The highest BCUT2D eigenvalue weighted by atomic mass is 19.4. The van der Waals surface area contributed by atoms with Crippen molar-refractivity contribution in [3.8, 4) is 22.6 Å². The van der Waals surface area contributed by atoms with Gasteiger partial charge in [0.15, 0.2) is 5.76 Å². The fraction of sp³-hybridized carbons (Fsp3) is 0.111. The lowest BCUT2D eigenvalue weighted by Gasteiger charge is -2.06. The largest absolute Gasteiger partial charge is 0.416 e. The summed E-state index contributed by atoms with van der Waals surface area (Å²) in [5.41, 5.74) is 1.05. The van der Waals surface area contributed by atoms with Gasteiger partial charge in [0, 0.05) is 17.2 Å². The van der Waals surface area contributed by atoms with Crippen molar-refractivity contribution >= 4 is 0 Å². The van der Waals surface area contributed by atoms with Crippen molar-refractivity contribution in [1.82, 2.24) is 25.4 Å². The van der Waals surface area contributed by atoms with E-state index in [1.165, 1.54) is 16.9 Å². The quantitative estimate of drug-likeness (QED) is 0.541. The number of aromatic nitrogens is 5. The van der Waals surface area contributed by atoms with Crippen LogP contribution in [0.2, 0.25) is 0 Å². The monoisotopic (exact) mass is 371 g/mol. The lowest BCUT2D eigenvalue weighted by molar-refractivity contribution is -0.137. The minimum atomic E-state index is -4.43. The average molecular weight is 371 g/mol. The second-order valence-electron chi connectivity index (χ2n) is 5.77. The summed E-state index contributed by atoms with van der Waals surface area (Å²) in [7, 11) is 0. The summed E-state index contributed by atoms with van der Waals surface area (Å²) in [5, 5.41) is 15.8. The van der Waals surface area contributed by atoms with E-state index in [0.29, 0.717) is 11.5 Å². The van der Waals surface area contributed by atoms with Gasteiger partial charge in [-0.25, -0.2) is 0 Å². The minimum absolute atomic E-state index is 0.101. The van der Waals surface area contributed by atoms with Crippen molar-refractivity contribution in [1.29, 1.82) is 0 Å². The van der Waals surface area contributed by atoms with E-state index in [1.54, 1.807) is 6.07 Å². The van der Waals surface area contributed by atoms with Crippen molar-refractivity contribution in [2.75, 3.05) is 0 Å². The summed E-state index contributed by atoms with van der Waals surface area (Å²) in [5.74, 6) is 0.603.